The minimum atomic E-state index is -0.120. The number of nitrogens with zero attached hydrogens (tertiary/aromatic N) is 5. The second-order valence-corrected chi connectivity index (χ2v) is 18.7. The maximum Gasteiger partial charge on any atom is 0.133 e. The van der Waals surface area contributed by atoms with Crippen LogP contribution in [0.1, 0.15) is 48.2 Å². The molecular formula is C50H66Cl2N8O2. The summed E-state index contributed by atoms with van der Waals surface area (Å²) in [6.07, 6.45) is 7.87. The first kappa shape index (κ1) is 46.2. The van der Waals surface area contributed by atoms with Crippen LogP contribution in [0.4, 0.5) is 0 Å². The number of ether oxygens (including phenoxy) is 1. The minimum absolute atomic E-state index is 0.0358. The van der Waals surface area contributed by atoms with E-state index in [-0.39, 0.29) is 24.2 Å². The Labute approximate surface area is 379 Å². The van der Waals surface area contributed by atoms with Gasteiger partial charge in [-0.15, -0.1) is 0 Å². The second kappa shape index (κ2) is 22.2. The van der Waals surface area contributed by atoms with Gasteiger partial charge in [0.15, 0.2) is 0 Å². The maximum atomic E-state index is 10.7. The lowest BCUT2D eigenvalue weighted by atomic mass is 9.82. The van der Waals surface area contributed by atoms with Crippen LogP contribution in [-0.2, 0) is 33.0 Å². The van der Waals surface area contributed by atoms with E-state index in [1.807, 2.05) is 42.6 Å². The van der Waals surface area contributed by atoms with Crippen molar-refractivity contribution in [3.05, 3.63) is 136 Å². The van der Waals surface area contributed by atoms with Crippen molar-refractivity contribution in [3.8, 4) is 22.8 Å². The number of nitrogens with one attached hydrogen (secondary N) is 2. The fourth-order valence-corrected chi connectivity index (χ4v) is 9.71. The summed E-state index contributed by atoms with van der Waals surface area (Å²) in [5.41, 5.74) is 12.1. The summed E-state index contributed by atoms with van der Waals surface area (Å²) in [6.45, 7) is 7.29. The summed E-state index contributed by atoms with van der Waals surface area (Å²) in [4.78, 5) is 12.1. The van der Waals surface area contributed by atoms with Gasteiger partial charge in [-0.25, -0.2) is 4.98 Å². The van der Waals surface area contributed by atoms with Gasteiger partial charge in [-0.05, 0) is 138 Å². The van der Waals surface area contributed by atoms with E-state index in [0.29, 0.717) is 37.1 Å². The molecule has 0 aliphatic carbocycles. The molecule has 0 spiro atoms. The van der Waals surface area contributed by atoms with E-state index in [1.54, 1.807) is 0 Å². The molecule has 5 N–H and O–H groups in total. The summed E-state index contributed by atoms with van der Waals surface area (Å²) in [6, 6.07) is 33.5. The minimum Gasteiger partial charge on any atom is -0.457 e. The highest BCUT2D eigenvalue weighted by Crippen LogP contribution is 2.33. The van der Waals surface area contributed by atoms with E-state index in [4.69, 9.17) is 33.7 Å². The first-order chi connectivity index (χ1) is 30.1. The van der Waals surface area contributed by atoms with Crippen molar-refractivity contribution < 1.29 is 9.84 Å². The predicted octanol–water partition coefficient (Wildman–Crippen LogP) is 7.65. The van der Waals surface area contributed by atoms with Gasteiger partial charge in [-0.2, -0.15) is 0 Å². The smallest absolute Gasteiger partial charge is 0.133 e. The van der Waals surface area contributed by atoms with Gasteiger partial charge < -0.3 is 40.6 Å². The summed E-state index contributed by atoms with van der Waals surface area (Å²) < 4.78 is 8.82. The third-order valence-corrected chi connectivity index (χ3v) is 13.2. The molecule has 0 amide bonds. The van der Waals surface area contributed by atoms with E-state index in [1.165, 1.54) is 11.1 Å². The molecule has 2 aliphatic heterocycles. The zero-order valence-corrected chi connectivity index (χ0v) is 38.3. The number of fused-ring (bicyclic) bond motifs is 2. The van der Waals surface area contributed by atoms with Gasteiger partial charge in [0.1, 0.15) is 17.3 Å². The van der Waals surface area contributed by atoms with Crippen LogP contribution in [0.3, 0.4) is 0 Å². The number of aliphatic hydroxyl groups is 1. The fourth-order valence-electron chi connectivity index (χ4n) is 9.43. The SMILES string of the molecule is CN(C)Cc1ncc(-c2ccc(Oc3cc(Cl)ccc3CN3CC[C@@H](Cc4ccccc4)CN4CCC[C@@](Cc5ccc(Cl)cc5)(C4)NC[C@@H](CO)NC[C@@H]3CCN)cc2)n1C. The molecule has 1 aromatic heterocycles. The second-order valence-electron chi connectivity index (χ2n) is 17.9. The Morgan fingerprint density at radius 2 is 1.71 bits per heavy atom. The topological polar surface area (TPSA) is 107 Å². The van der Waals surface area contributed by atoms with Crippen molar-refractivity contribution in [2.45, 2.75) is 69.2 Å². The van der Waals surface area contributed by atoms with Crippen molar-refractivity contribution in [2.75, 3.05) is 66.5 Å². The standard InChI is InChI=1S/C50H66Cl2N8O2/c1-57(2)34-49-55-31-47(58(49)3)40-13-18-46(19-14-40)62-48-27-43(52)17-12-41(48)33-60-25-21-39(26-37-8-5-4-6-9-37)32-59-24-7-22-50(36-59,28-38-10-15-42(51)16-11-38)56-29-44(35-61)54-30-45(60)20-23-53/h4-6,8-19,27,31,39,44-45,54,56,61H,7,20-26,28-30,32-36,53H2,1-3H3/t39-,44-,45-,50+/m0/s1. The molecule has 7 rings (SSSR count). The number of hydrogen-bond donors (Lipinski definition) is 4. The highest BCUT2D eigenvalue weighted by molar-refractivity contribution is 6.31. The quantitative estimate of drug-likeness (QED) is 0.0896. The van der Waals surface area contributed by atoms with Gasteiger partial charge in [0.25, 0.3) is 0 Å². The van der Waals surface area contributed by atoms with E-state index in [9.17, 15) is 5.11 Å². The average Bonchev–Trinajstić information content (AvgIpc) is 3.62. The van der Waals surface area contributed by atoms with Crippen molar-refractivity contribution in [1.82, 2.24) is 34.9 Å². The van der Waals surface area contributed by atoms with Crippen LogP contribution in [0, 0.1) is 5.92 Å². The zero-order valence-electron chi connectivity index (χ0n) is 36.8. The lowest BCUT2D eigenvalue weighted by molar-refractivity contribution is 0.0861. The maximum absolute atomic E-state index is 10.7. The van der Waals surface area contributed by atoms with E-state index < -0.39 is 0 Å². The van der Waals surface area contributed by atoms with Crippen molar-refractivity contribution in [1.29, 1.82) is 0 Å². The molecule has 3 heterocycles. The van der Waals surface area contributed by atoms with Crippen LogP contribution in [0.5, 0.6) is 11.5 Å². The number of halogens is 2. The molecule has 2 saturated heterocycles. The largest absolute Gasteiger partial charge is 0.457 e. The molecular weight excluding hydrogens is 816 g/mol. The van der Waals surface area contributed by atoms with Crippen LogP contribution in [0.2, 0.25) is 10.0 Å². The number of hydrogen-bond acceptors (Lipinski definition) is 9. The number of imidazole rings is 1. The summed E-state index contributed by atoms with van der Waals surface area (Å²) >= 11 is 13.0. The monoisotopic (exact) mass is 880 g/mol. The zero-order chi connectivity index (χ0) is 43.5. The highest BCUT2D eigenvalue weighted by Gasteiger charge is 2.37. The molecule has 5 aromatic rings. The average molecular weight is 882 g/mol. The molecule has 2 aliphatic rings. The molecule has 10 nitrogen and oxygen atoms in total. The fraction of sp³-hybridized carbons (Fsp3) is 0.460. The number of rotatable bonds is 14. The number of aromatic nitrogens is 2. The Morgan fingerprint density at radius 1 is 0.935 bits per heavy atom. The number of piperidine rings is 1. The van der Waals surface area contributed by atoms with Gasteiger partial charge in [-0.3, -0.25) is 4.90 Å². The van der Waals surface area contributed by atoms with Crippen LogP contribution in [0.25, 0.3) is 11.3 Å². The number of benzene rings is 4. The van der Waals surface area contributed by atoms with E-state index in [2.05, 4.69) is 117 Å². The summed E-state index contributed by atoms with van der Waals surface area (Å²) in [5.74, 6) is 2.92. The number of aliphatic hydroxyl groups excluding tert-OH is 1. The Bertz CT molecular complexity index is 2130. The molecule has 4 aromatic carbocycles. The Balaban J connectivity index is 1.15. The normalized spacial score (nSPS) is 23.0. The van der Waals surface area contributed by atoms with E-state index >= 15 is 0 Å². The van der Waals surface area contributed by atoms with Crippen LogP contribution in [0.15, 0.2) is 103 Å². The van der Waals surface area contributed by atoms with Crippen molar-refractivity contribution >= 4 is 23.2 Å². The first-order valence-corrected chi connectivity index (χ1v) is 23.1. The summed E-state index contributed by atoms with van der Waals surface area (Å²) in [7, 11) is 6.16. The van der Waals surface area contributed by atoms with Gasteiger partial charge in [0, 0.05) is 78.6 Å². The first-order valence-electron chi connectivity index (χ1n) is 22.3. The molecule has 332 valence electrons. The molecule has 12 heteroatoms. The highest BCUT2D eigenvalue weighted by atomic mass is 35.5. The van der Waals surface area contributed by atoms with Crippen molar-refractivity contribution in [2.24, 2.45) is 18.7 Å². The van der Waals surface area contributed by atoms with E-state index in [0.717, 1.165) is 110 Å². The molecule has 2 bridgehead atoms. The molecule has 1 unspecified atom stereocenters. The molecule has 62 heavy (non-hydrogen) atoms. The molecule has 5 atom stereocenters. The van der Waals surface area contributed by atoms with Crippen LogP contribution >= 0.6 is 23.2 Å². The Kier molecular flexibility index (Phi) is 16.5. The number of nitrogens with two attached hydrogens (primary N) is 1. The van der Waals surface area contributed by atoms with Gasteiger partial charge in [0.05, 0.1) is 25.0 Å². The third kappa shape index (κ3) is 12.7. The Morgan fingerprint density at radius 3 is 2.45 bits per heavy atom. The van der Waals surface area contributed by atoms with Gasteiger partial charge >= 0.3 is 0 Å². The lowest BCUT2D eigenvalue weighted by Crippen LogP contribution is -2.62. The Hall–Kier alpha value is -3.81. The molecule has 0 radical (unpaired) electrons. The van der Waals surface area contributed by atoms with Crippen molar-refractivity contribution in [3.63, 3.8) is 0 Å². The molecule has 2 fully saturated rings. The summed E-state index contributed by atoms with van der Waals surface area (Å²) in [5, 5.41) is 19.9. The third-order valence-electron chi connectivity index (χ3n) is 12.7. The predicted molar refractivity (Wildman–Crippen MR) is 254 cm³/mol. The van der Waals surface area contributed by atoms with Crippen LogP contribution in [-0.4, -0.2) is 113 Å². The van der Waals surface area contributed by atoms with Crippen LogP contribution < -0.4 is 21.1 Å². The van der Waals surface area contributed by atoms with Gasteiger partial charge in [-0.1, -0.05) is 71.7 Å². The lowest BCUT2D eigenvalue weighted by Gasteiger charge is -2.46. The van der Waals surface area contributed by atoms with Gasteiger partial charge in [0.2, 0.25) is 0 Å². The molecule has 0 saturated carbocycles.